The largest absolute Gasteiger partial charge is 0.476 e. The Labute approximate surface area is 85.9 Å². The van der Waals surface area contributed by atoms with Crippen LogP contribution < -0.4 is 10.5 Å². The smallest absolute Gasteiger partial charge is 0.229 e. The average Bonchev–Trinajstić information content (AvgIpc) is 2.65. The van der Waals surface area contributed by atoms with E-state index in [0.29, 0.717) is 29.9 Å². The Morgan fingerprint density at radius 1 is 1.53 bits per heavy atom. The number of ether oxygens (including phenoxy) is 1. The minimum absolute atomic E-state index is 0.141. The average molecular weight is 203 g/mol. The Hall–Kier alpha value is -2.29. The molecule has 0 saturated heterocycles. The van der Waals surface area contributed by atoms with E-state index >= 15 is 0 Å². The summed E-state index contributed by atoms with van der Waals surface area (Å²) in [6.07, 6.45) is 7.21. The number of aromatic nitrogens is 4. The van der Waals surface area contributed by atoms with Crippen molar-refractivity contribution in [3.8, 4) is 18.2 Å². The number of terminal acetylenes is 1. The van der Waals surface area contributed by atoms with E-state index in [0.717, 1.165) is 0 Å². The van der Waals surface area contributed by atoms with Crippen molar-refractivity contribution in [3.05, 3.63) is 6.20 Å². The second-order valence-electron chi connectivity index (χ2n) is 2.82. The fraction of sp³-hybridized carbons (Fsp3) is 0.222. The summed E-state index contributed by atoms with van der Waals surface area (Å²) >= 11 is 0. The molecule has 0 spiro atoms. The van der Waals surface area contributed by atoms with Gasteiger partial charge in [0.25, 0.3) is 0 Å². The number of aromatic amines is 1. The van der Waals surface area contributed by atoms with Crippen molar-refractivity contribution in [1.29, 1.82) is 0 Å². The van der Waals surface area contributed by atoms with Gasteiger partial charge in [-0.25, -0.2) is 0 Å². The Kier molecular flexibility index (Phi) is 2.37. The van der Waals surface area contributed by atoms with Gasteiger partial charge in [0.1, 0.15) is 12.0 Å². The first-order chi connectivity index (χ1) is 7.31. The van der Waals surface area contributed by atoms with Gasteiger partial charge in [-0.1, -0.05) is 0 Å². The Morgan fingerprint density at radius 3 is 3.20 bits per heavy atom. The topological polar surface area (TPSA) is 89.7 Å². The molecular formula is C9H9N5O. The van der Waals surface area contributed by atoms with Crippen LogP contribution in [0.15, 0.2) is 6.20 Å². The first-order valence-corrected chi connectivity index (χ1v) is 4.34. The molecule has 6 heteroatoms. The fourth-order valence-electron chi connectivity index (χ4n) is 1.14. The van der Waals surface area contributed by atoms with Gasteiger partial charge < -0.3 is 10.5 Å². The van der Waals surface area contributed by atoms with E-state index in [2.05, 4.69) is 26.1 Å². The molecule has 0 unspecified atom stereocenters. The number of hydrogen-bond donors (Lipinski definition) is 2. The molecule has 0 amide bonds. The van der Waals surface area contributed by atoms with Gasteiger partial charge in [-0.3, -0.25) is 5.10 Å². The highest BCUT2D eigenvalue weighted by Crippen LogP contribution is 2.20. The zero-order valence-electron chi connectivity index (χ0n) is 7.90. The highest BCUT2D eigenvalue weighted by Gasteiger charge is 2.08. The molecule has 2 rings (SSSR count). The van der Waals surface area contributed by atoms with Crippen LogP contribution in [-0.4, -0.2) is 26.8 Å². The van der Waals surface area contributed by atoms with Gasteiger partial charge in [-0.2, -0.15) is 15.1 Å². The molecule has 0 atom stereocenters. The summed E-state index contributed by atoms with van der Waals surface area (Å²) in [5.74, 6) is 3.02. The lowest BCUT2D eigenvalue weighted by atomic mass is 10.4. The zero-order chi connectivity index (χ0) is 10.7. The summed E-state index contributed by atoms with van der Waals surface area (Å²) in [4.78, 5) is 7.91. The molecule has 0 aliphatic rings. The second kappa shape index (κ2) is 3.84. The van der Waals surface area contributed by atoms with Gasteiger partial charge in [-0.15, -0.1) is 12.3 Å². The maximum absolute atomic E-state index is 5.50. The first kappa shape index (κ1) is 9.27. The maximum atomic E-state index is 5.50. The van der Waals surface area contributed by atoms with Gasteiger partial charge in [0, 0.05) is 6.42 Å². The SMILES string of the molecule is C#CCCOc1nc(N)nc2[nH]ncc12. The molecule has 2 aromatic heterocycles. The summed E-state index contributed by atoms with van der Waals surface area (Å²) in [5.41, 5.74) is 6.05. The number of nitrogens with one attached hydrogen (secondary N) is 1. The number of fused-ring (bicyclic) bond motifs is 1. The third-order valence-corrected chi connectivity index (χ3v) is 1.78. The van der Waals surface area contributed by atoms with Crippen LogP contribution in [-0.2, 0) is 0 Å². The number of anilines is 1. The van der Waals surface area contributed by atoms with Crippen molar-refractivity contribution in [2.24, 2.45) is 0 Å². The van der Waals surface area contributed by atoms with Crippen molar-refractivity contribution in [2.75, 3.05) is 12.3 Å². The summed E-state index contributed by atoms with van der Waals surface area (Å²) in [6, 6.07) is 0. The number of nitrogens with zero attached hydrogens (tertiary/aromatic N) is 3. The second-order valence-corrected chi connectivity index (χ2v) is 2.82. The number of nitrogens with two attached hydrogens (primary N) is 1. The van der Waals surface area contributed by atoms with Crippen molar-refractivity contribution >= 4 is 17.0 Å². The number of hydrogen-bond acceptors (Lipinski definition) is 5. The molecule has 76 valence electrons. The quantitative estimate of drug-likeness (QED) is 0.554. The molecule has 2 heterocycles. The van der Waals surface area contributed by atoms with E-state index in [1.807, 2.05) is 0 Å². The molecule has 0 aliphatic carbocycles. The molecule has 15 heavy (non-hydrogen) atoms. The van der Waals surface area contributed by atoms with E-state index in [4.69, 9.17) is 16.9 Å². The predicted octanol–water partition coefficient (Wildman–Crippen LogP) is 0.337. The monoisotopic (exact) mass is 203 g/mol. The third-order valence-electron chi connectivity index (χ3n) is 1.78. The molecule has 2 aromatic rings. The minimum Gasteiger partial charge on any atom is -0.476 e. The molecule has 3 N–H and O–H groups in total. The highest BCUT2D eigenvalue weighted by molar-refractivity contribution is 5.80. The van der Waals surface area contributed by atoms with Crippen molar-refractivity contribution in [1.82, 2.24) is 20.2 Å². The van der Waals surface area contributed by atoms with Gasteiger partial charge in [-0.05, 0) is 0 Å². The molecule has 0 radical (unpaired) electrons. The van der Waals surface area contributed by atoms with Crippen LogP contribution in [0, 0.1) is 12.3 Å². The summed E-state index contributed by atoms with van der Waals surface area (Å²) in [6.45, 7) is 0.396. The van der Waals surface area contributed by atoms with Gasteiger partial charge in [0.2, 0.25) is 11.8 Å². The molecule has 0 fully saturated rings. The molecule has 0 saturated carbocycles. The van der Waals surface area contributed by atoms with E-state index in [9.17, 15) is 0 Å². The number of H-pyrrole nitrogens is 1. The molecule has 6 nitrogen and oxygen atoms in total. The van der Waals surface area contributed by atoms with Crippen LogP contribution in [0.2, 0.25) is 0 Å². The highest BCUT2D eigenvalue weighted by atomic mass is 16.5. The first-order valence-electron chi connectivity index (χ1n) is 4.34. The third kappa shape index (κ3) is 1.81. The number of rotatable bonds is 3. The van der Waals surface area contributed by atoms with Gasteiger partial charge in [0.05, 0.1) is 6.20 Å². The van der Waals surface area contributed by atoms with E-state index < -0.39 is 0 Å². The maximum Gasteiger partial charge on any atom is 0.229 e. The lowest BCUT2D eigenvalue weighted by Crippen LogP contribution is -2.02. The van der Waals surface area contributed by atoms with E-state index in [1.54, 1.807) is 6.20 Å². The summed E-state index contributed by atoms with van der Waals surface area (Å²) < 4.78 is 5.37. The van der Waals surface area contributed by atoms with Crippen LogP contribution in [0.5, 0.6) is 5.88 Å². The predicted molar refractivity (Wildman–Crippen MR) is 55.0 cm³/mol. The van der Waals surface area contributed by atoms with Crippen molar-refractivity contribution in [2.45, 2.75) is 6.42 Å². The van der Waals surface area contributed by atoms with Crippen LogP contribution >= 0.6 is 0 Å². The standard InChI is InChI=1S/C9H9N5O/c1-2-3-4-15-8-6-5-11-14-7(6)12-9(10)13-8/h1,5H,3-4H2,(H3,10,11,12,13,14). The van der Waals surface area contributed by atoms with Gasteiger partial charge in [0.15, 0.2) is 5.65 Å². The molecule has 0 bridgehead atoms. The normalized spacial score (nSPS) is 10.1. The Balaban J connectivity index is 2.32. The lowest BCUT2D eigenvalue weighted by molar-refractivity contribution is 0.319. The molecule has 0 aromatic carbocycles. The Morgan fingerprint density at radius 2 is 2.40 bits per heavy atom. The summed E-state index contributed by atoms with van der Waals surface area (Å²) in [5, 5.41) is 7.21. The van der Waals surface area contributed by atoms with Crippen LogP contribution in [0.3, 0.4) is 0 Å². The van der Waals surface area contributed by atoms with Crippen molar-refractivity contribution in [3.63, 3.8) is 0 Å². The zero-order valence-corrected chi connectivity index (χ0v) is 7.90. The molecular weight excluding hydrogens is 194 g/mol. The fourth-order valence-corrected chi connectivity index (χ4v) is 1.14. The van der Waals surface area contributed by atoms with Crippen LogP contribution in [0.25, 0.3) is 11.0 Å². The van der Waals surface area contributed by atoms with Gasteiger partial charge >= 0.3 is 0 Å². The van der Waals surface area contributed by atoms with E-state index in [1.165, 1.54) is 0 Å². The molecule has 0 aliphatic heterocycles. The number of nitrogen functional groups attached to an aromatic ring is 1. The van der Waals surface area contributed by atoms with E-state index in [-0.39, 0.29) is 5.95 Å². The Bertz CT molecular complexity index is 513. The van der Waals surface area contributed by atoms with Crippen molar-refractivity contribution < 1.29 is 4.74 Å². The lowest BCUT2D eigenvalue weighted by Gasteiger charge is -2.03. The van der Waals surface area contributed by atoms with Crippen LogP contribution in [0.1, 0.15) is 6.42 Å². The minimum atomic E-state index is 0.141. The van der Waals surface area contributed by atoms with Crippen LogP contribution in [0.4, 0.5) is 5.95 Å². The summed E-state index contributed by atoms with van der Waals surface area (Å²) in [7, 11) is 0.